The maximum Gasteiger partial charge on any atom is 0.261 e. The molecule has 9 heteroatoms. The molecule has 0 atom stereocenters. The molecule has 0 radical (unpaired) electrons. The molecule has 1 amide bonds. The summed E-state index contributed by atoms with van der Waals surface area (Å²) in [5.74, 6) is -2.38. The molecular weight excluding hydrogens is 378 g/mol. The molecule has 144 valence electrons. The molecule has 0 unspecified atom stereocenters. The number of sulfonamides is 1. The highest BCUT2D eigenvalue weighted by Gasteiger charge is 2.18. The van der Waals surface area contributed by atoms with Crippen LogP contribution in [0.15, 0.2) is 47.4 Å². The van der Waals surface area contributed by atoms with Crippen molar-refractivity contribution in [3.63, 3.8) is 0 Å². The number of carbonyl (C=O) groups is 1. The minimum absolute atomic E-state index is 0.0200. The predicted molar refractivity (Wildman–Crippen MR) is 94.7 cm³/mol. The largest absolute Gasteiger partial charge is 0.378 e. The van der Waals surface area contributed by atoms with Crippen LogP contribution in [0, 0.1) is 11.6 Å². The Hall–Kier alpha value is -2.52. The standard InChI is InChI=1S/C18H18F2N2O4S/c19-16-6-5-15(12-17(16)20)27(24,25)21-14-3-1-13(2-4-14)11-18(23)22-7-9-26-10-8-22/h1-6,12,21H,7-11H2. The molecule has 27 heavy (non-hydrogen) atoms. The van der Waals surface area contributed by atoms with E-state index in [0.29, 0.717) is 32.4 Å². The third kappa shape index (κ3) is 4.81. The Morgan fingerprint density at radius 1 is 1.04 bits per heavy atom. The molecule has 2 aromatic rings. The third-order valence-corrected chi connectivity index (χ3v) is 5.51. The molecular formula is C18H18F2N2O4S. The van der Waals surface area contributed by atoms with Gasteiger partial charge in [-0.15, -0.1) is 0 Å². The summed E-state index contributed by atoms with van der Waals surface area (Å²) in [6, 6.07) is 8.66. The van der Waals surface area contributed by atoms with Gasteiger partial charge in [0.15, 0.2) is 11.6 Å². The smallest absolute Gasteiger partial charge is 0.261 e. The average molecular weight is 396 g/mol. The number of nitrogens with zero attached hydrogens (tertiary/aromatic N) is 1. The highest BCUT2D eigenvalue weighted by molar-refractivity contribution is 7.92. The topological polar surface area (TPSA) is 75.7 Å². The second-order valence-electron chi connectivity index (χ2n) is 6.05. The van der Waals surface area contributed by atoms with E-state index in [2.05, 4.69) is 4.72 Å². The van der Waals surface area contributed by atoms with E-state index in [1.54, 1.807) is 17.0 Å². The molecule has 1 saturated heterocycles. The average Bonchev–Trinajstić information content (AvgIpc) is 2.66. The van der Waals surface area contributed by atoms with Gasteiger partial charge in [0.2, 0.25) is 5.91 Å². The number of ether oxygens (including phenoxy) is 1. The first-order valence-electron chi connectivity index (χ1n) is 8.27. The fourth-order valence-corrected chi connectivity index (χ4v) is 3.72. The van der Waals surface area contributed by atoms with Crippen LogP contribution in [0.25, 0.3) is 0 Å². The summed E-state index contributed by atoms with van der Waals surface area (Å²) >= 11 is 0. The fraction of sp³-hybridized carbons (Fsp3) is 0.278. The van der Waals surface area contributed by atoms with Gasteiger partial charge >= 0.3 is 0 Å². The molecule has 0 aromatic heterocycles. The zero-order chi connectivity index (χ0) is 19.4. The summed E-state index contributed by atoms with van der Waals surface area (Å²) in [4.78, 5) is 13.6. The van der Waals surface area contributed by atoms with Gasteiger partial charge in [0.05, 0.1) is 24.5 Å². The van der Waals surface area contributed by atoms with Gasteiger partial charge < -0.3 is 9.64 Å². The van der Waals surface area contributed by atoms with Crippen LogP contribution in [0.5, 0.6) is 0 Å². The Morgan fingerprint density at radius 2 is 1.70 bits per heavy atom. The maximum absolute atomic E-state index is 13.3. The number of benzene rings is 2. The minimum atomic E-state index is -4.05. The van der Waals surface area contributed by atoms with Crippen molar-refractivity contribution in [2.75, 3.05) is 31.0 Å². The van der Waals surface area contributed by atoms with E-state index in [1.165, 1.54) is 12.1 Å². The van der Waals surface area contributed by atoms with E-state index < -0.39 is 21.7 Å². The molecule has 1 N–H and O–H groups in total. The second kappa shape index (κ2) is 8.01. The number of rotatable bonds is 5. The van der Waals surface area contributed by atoms with Crippen molar-refractivity contribution in [1.82, 2.24) is 4.90 Å². The van der Waals surface area contributed by atoms with Crippen molar-refractivity contribution in [3.8, 4) is 0 Å². The van der Waals surface area contributed by atoms with E-state index in [0.717, 1.165) is 17.7 Å². The number of nitrogens with one attached hydrogen (secondary N) is 1. The zero-order valence-corrected chi connectivity index (χ0v) is 15.1. The van der Waals surface area contributed by atoms with Gasteiger partial charge in [-0.25, -0.2) is 17.2 Å². The highest BCUT2D eigenvalue weighted by Crippen LogP contribution is 2.19. The van der Waals surface area contributed by atoms with Gasteiger partial charge in [-0.2, -0.15) is 0 Å². The van der Waals surface area contributed by atoms with Crippen molar-refractivity contribution >= 4 is 21.6 Å². The number of carbonyl (C=O) groups excluding carboxylic acids is 1. The lowest BCUT2D eigenvalue weighted by Crippen LogP contribution is -2.41. The third-order valence-electron chi connectivity index (χ3n) is 4.13. The molecule has 1 heterocycles. The first-order valence-corrected chi connectivity index (χ1v) is 9.76. The van der Waals surface area contributed by atoms with Crippen LogP contribution in [-0.4, -0.2) is 45.5 Å². The Morgan fingerprint density at radius 3 is 2.33 bits per heavy atom. The lowest BCUT2D eigenvalue weighted by Gasteiger charge is -2.26. The second-order valence-corrected chi connectivity index (χ2v) is 7.73. The lowest BCUT2D eigenvalue weighted by atomic mass is 10.1. The molecule has 0 bridgehead atoms. The molecule has 6 nitrogen and oxygen atoms in total. The van der Waals surface area contributed by atoms with Crippen LogP contribution in [0.3, 0.4) is 0 Å². The summed E-state index contributed by atoms with van der Waals surface area (Å²) in [7, 11) is -4.05. The van der Waals surface area contributed by atoms with E-state index in [1.807, 2.05) is 0 Å². The van der Waals surface area contributed by atoms with Gasteiger partial charge in [0.1, 0.15) is 0 Å². The summed E-state index contributed by atoms with van der Waals surface area (Å²) in [6.07, 6.45) is 0.205. The SMILES string of the molecule is O=C(Cc1ccc(NS(=O)(=O)c2ccc(F)c(F)c2)cc1)N1CCOCC1. The highest BCUT2D eigenvalue weighted by atomic mass is 32.2. The molecule has 0 saturated carbocycles. The molecule has 0 spiro atoms. The summed E-state index contributed by atoms with van der Waals surface area (Å²) < 4.78 is 58.3. The number of hydrogen-bond donors (Lipinski definition) is 1. The summed E-state index contributed by atoms with van der Waals surface area (Å²) in [5.41, 5.74) is 0.990. The van der Waals surface area contributed by atoms with E-state index in [9.17, 15) is 22.0 Å². The van der Waals surface area contributed by atoms with E-state index >= 15 is 0 Å². The summed E-state index contributed by atoms with van der Waals surface area (Å²) in [6.45, 7) is 2.17. The van der Waals surface area contributed by atoms with Crippen molar-refractivity contribution in [3.05, 3.63) is 59.7 Å². The summed E-state index contributed by atoms with van der Waals surface area (Å²) in [5, 5.41) is 0. The first kappa shape index (κ1) is 19.2. The number of morpholine rings is 1. The number of amides is 1. The van der Waals surface area contributed by atoms with Crippen LogP contribution < -0.4 is 4.72 Å². The van der Waals surface area contributed by atoms with Crippen molar-refractivity contribution in [1.29, 1.82) is 0 Å². The molecule has 2 aromatic carbocycles. The normalized spacial score (nSPS) is 14.8. The van der Waals surface area contributed by atoms with Gasteiger partial charge in [0.25, 0.3) is 10.0 Å². The van der Waals surface area contributed by atoms with Crippen molar-refractivity contribution < 1.29 is 26.7 Å². The van der Waals surface area contributed by atoms with Gasteiger partial charge in [0, 0.05) is 18.8 Å². The Balaban J connectivity index is 1.66. The number of halogens is 2. The molecule has 1 fully saturated rings. The first-order chi connectivity index (χ1) is 12.8. The maximum atomic E-state index is 13.3. The van der Waals surface area contributed by atoms with E-state index in [-0.39, 0.29) is 22.9 Å². The number of hydrogen-bond acceptors (Lipinski definition) is 4. The minimum Gasteiger partial charge on any atom is -0.378 e. The fourth-order valence-electron chi connectivity index (χ4n) is 2.65. The van der Waals surface area contributed by atoms with Crippen molar-refractivity contribution in [2.24, 2.45) is 0 Å². The monoisotopic (exact) mass is 396 g/mol. The van der Waals surface area contributed by atoms with Crippen molar-refractivity contribution in [2.45, 2.75) is 11.3 Å². The number of anilines is 1. The van der Waals surface area contributed by atoms with Gasteiger partial charge in [-0.1, -0.05) is 12.1 Å². The predicted octanol–water partition coefficient (Wildman–Crippen LogP) is 2.17. The quantitative estimate of drug-likeness (QED) is 0.841. The lowest BCUT2D eigenvalue weighted by molar-refractivity contribution is -0.134. The van der Waals surface area contributed by atoms with Crippen LogP contribution >= 0.6 is 0 Å². The zero-order valence-electron chi connectivity index (χ0n) is 14.3. The van der Waals surface area contributed by atoms with E-state index in [4.69, 9.17) is 4.74 Å². The van der Waals surface area contributed by atoms with Gasteiger partial charge in [-0.3, -0.25) is 9.52 Å². The molecule has 0 aliphatic carbocycles. The van der Waals surface area contributed by atoms with Crippen LogP contribution in [0.1, 0.15) is 5.56 Å². The van der Waals surface area contributed by atoms with Crippen LogP contribution in [0.2, 0.25) is 0 Å². The molecule has 3 rings (SSSR count). The van der Waals surface area contributed by atoms with Crippen LogP contribution in [-0.2, 0) is 26.0 Å². The molecule has 1 aliphatic rings. The Bertz CT molecular complexity index is 927. The molecule has 1 aliphatic heterocycles. The van der Waals surface area contributed by atoms with Crippen LogP contribution in [0.4, 0.5) is 14.5 Å². The van der Waals surface area contributed by atoms with Gasteiger partial charge in [-0.05, 0) is 35.9 Å². The Labute approximate surface area is 155 Å². The Kier molecular flexibility index (Phi) is 5.71.